The zero-order valence-corrected chi connectivity index (χ0v) is 26.7. The number of carbonyl (C=O) groups is 2. The van der Waals surface area contributed by atoms with E-state index in [4.69, 9.17) is 9.39 Å². The average Bonchev–Trinajstić information content (AvgIpc) is 3.69. The highest BCUT2D eigenvalue weighted by molar-refractivity contribution is 7.09. The molecule has 4 aromatic rings. The number of hydrogen-bond donors (Lipinski definition) is 2. The number of para-hydroxylation sites is 2. The summed E-state index contributed by atoms with van der Waals surface area (Å²) in [5.74, 6) is -0.804. The number of allylic oxidation sites excluding steroid dienone is 1. The van der Waals surface area contributed by atoms with Gasteiger partial charge in [0.25, 0.3) is 0 Å². The number of phenols is 1. The molecule has 0 saturated carbocycles. The minimum absolute atomic E-state index is 0.154. The van der Waals surface area contributed by atoms with Crippen molar-refractivity contribution in [3.63, 3.8) is 0 Å². The van der Waals surface area contributed by atoms with Crippen molar-refractivity contribution >= 4 is 41.9 Å². The predicted octanol–water partition coefficient (Wildman–Crippen LogP) is 6.85. The Morgan fingerprint density at radius 1 is 0.936 bits per heavy atom. The molecule has 0 bridgehead atoms. The molecule has 2 amide bonds. The standard InChI is InChI=1S/C38H36BNO6S/c41-33-16-8-7-12-27(33)20-26(25-10-3-1-4-11-25)17-18-34-35-28(24-45-29-13-5-2-6-14-29)21-31-36(32(35)22-39(44)46-34)38(43)40(37(31)42)23-30-15-9-19-47-30/h1-16,19-20,31-32,34,36,41,44H,17-18,21-24H2/b26-20-/t31-,32+,34-,36-/m1/s1. The second-order valence-corrected chi connectivity index (χ2v) is 13.4. The van der Waals surface area contributed by atoms with Crippen LogP contribution in [0.4, 0.5) is 0 Å². The Morgan fingerprint density at radius 3 is 2.43 bits per heavy atom. The molecule has 1 aromatic heterocycles. The number of nitrogens with zero attached hydrogens (tertiary/aromatic N) is 1. The Labute approximate surface area is 278 Å². The molecule has 2 aliphatic heterocycles. The number of imide groups is 1. The first-order chi connectivity index (χ1) is 23.0. The van der Waals surface area contributed by atoms with Gasteiger partial charge in [-0.2, -0.15) is 0 Å². The third kappa shape index (κ3) is 6.56. The van der Waals surface area contributed by atoms with Crippen LogP contribution in [0, 0.1) is 17.8 Å². The summed E-state index contributed by atoms with van der Waals surface area (Å²) in [6.07, 6.45) is 3.28. The van der Waals surface area contributed by atoms with Crippen molar-refractivity contribution in [2.45, 2.75) is 38.2 Å². The summed E-state index contributed by atoms with van der Waals surface area (Å²) < 4.78 is 12.5. The summed E-state index contributed by atoms with van der Waals surface area (Å²) in [6.45, 7) is 0.529. The van der Waals surface area contributed by atoms with Gasteiger partial charge in [0.2, 0.25) is 11.8 Å². The van der Waals surface area contributed by atoms with E-state index in [2.05, 4.69) is 0 Å². The molecule has 47 heavy (non-hydrogen) atoms. The summed E-state index contributed by atoms with van der Waals surface area (Å²) in [6, 6.07) is 30.7. The average molecular weight is 646 g/mol. The van der Waals surface area contributed by atoms with Crippen LogP contribution in [0.15, 0.2) is 114 Å². The summed E-state index contributed by atoms with van der Waals surface area (Å²) in [5, 5.41) is 23.6. The van der Waals surface area contributed by atoms with Crippen LogP contribution < -0.4 is 4.74 Å². The molecule has 9 heteroatoms. The lowest BCUT2D eigenvalue weighted by atomic mass is 9.58. The van der Waals surface area contributed by atoms with E-state index >= 15 is 0 Å². The molecule has 0 spiro atoms. The van der Waals surface area contributed by atoms with Crippen LogP contribution in [0.25, 0.3) is 11.6 Å². The van der Waals surface area contributed by atoms with E-state index in [0.717, 1.165) is 32.9 Å². The number of thiophene rings is 1. The maximum atomic E-state index is 14.0. The molecule has 7 nitrogen and oxygen atoms in total. The molecular weight excluding hydrogens is 609 g/mol. The van der Waals surface area contributed by atoms with Crippen LogP contribution in [0.5, 0.6) is 11.5 Å². The van der Waals surface area contributed by atoms with Crippen LogP contribution in [-0.2, 0) is 20.8 Å². The Balaban J connectivity index is 1.23. The molecule has 1 aliphatic carbocycles. The first-order valence-electron chi connectivity index (χ1n) is 16.1. The van der Waals surface area contributed by atoms with Gasteiger partial charge in [0.15, 0.2) is 0 Å². The Kier molecular flexibility index (Phi) is 9.11. The normalized spacial score (nSPS) is 22.8. The quantitative estimate of drug-likeness (QED) is 0.0848. The Hall–Kier alpha value is -4.44. The molecule has 3 aromatic carbocycles. The van der Waals surface area contributed by atoms with Gasteiger partial charge < -0.3 is 19.5 Å². The molecule has 0 unspecified atom stereocenters. The molecule has 3 aliphatic rings. The van der Waals surface area contributed by atoms with Gasteiger partial charge in [-0.05, 0) is 89.5 Å². The summed E-state index contributed by atoms with van der Waals surface area (Å²) in [5.41, 5.74) is 4.68. The molecule has 2 saturated heterocycles. The lowest BCUT2D eigenvalue weighted by molar-refractivity contribution is -0.140. The summed E-state index contributed by atoms with van der Waals surface area (Å²) in [4.78, 5) is 30.2. The fraction of sp³-hybridized carbons (Fsp3) is 0.263. The lowest BCUT2D eigenvalue weighted by Crippen LogP contribution is -2.46. The number of likely N-dealkylation sites (tertiary alicyclic amines) is 1. The number of hydrogen-bond acceptors (Lipinski definition) is 7. The summed E-state index contributed by atoms with van der Waals surface area (Å²) in [7, 11) is -1.07. The number of rotatable bonds is 10. The number of amides is 2. The van der Waals surface area contributed by atoms with E-state index < -0.39 is 25.1 Å². The summed E-state index contributed by atoms with van der Waals surface area (Å²) >= 11 is 1.53. The highest BCUT2D eigenvalue weighted by atomic mass is 32.1. The highest BCUT2D eigenvalue weighted by Gasteiger charge is 2.57. The molecular formula is C38H36BNO6S. The van der Waals surface area contributed by atoms with E-state index in [1.165, 1.54) is 16.2 Å². The first kappa shape index (κ1) is 31.2. The van der Waals surface area contributed by atoms with E-state index in [0.29, 0.717) is 24.8 Å². The van der Waals surface area contributed by atoms with E-state index in [9.17, 15) is 19.7 Å². The van der Waals surface area contributed by atoms with Gasteiger partial charge in [-0.1, -0.05) is 72.8 Å². The number of phenolic OH excluding ortho intramolecular Hbond substituents is 1. The van der Waals surface area contributed by atoms with Gasteiger partial charge in [-0.15, -0.1) is 11.3 Å². The minimum Gasteiger partial charge on any atom is -0.507 e. The van der Waals surface area contributed by atoms with Gasteiger partial charge >= 0.3 is 7.12 Å². The lowest BCUT2D eigenvalue weighted by Gasteiger charge is -2.43. The number of ether oxygens (including phenoxy) is 1. The van der Waals surface area contributed by atoms with E-state index in [1.807, 2.05) is 96.4 Å². The van der Waals surface area contributed by atoms with Crippen molar-refractivity contribution in [2.24, 2.45) is 17.8 Å². The van der Waals surface area contributed by atoms with Crippen LogP contribution in [0.3, 0.4) is 0 Å². The van der Waals surface area contributed by atoms with Crippen LogP contribution in [0.2, 0.25) is 6.32 Å². The number of aromatic hydroxyl groups is 1. The third-order valence-electron chi connectivity index (χ3n) is 9.54. The van der Waals surface area contributed by atoms with Gasteiger partial charge in [0, 0.05) is 10.4 Å². The van der Waals surface area contributed by atoms with E-state index in [-0.39, 0.29) is 43.0 Å². The molecule has 3 heterocycles. The second-order valence-electron chi connectivity index (χ2n) is 12.4. The monoisotopic (exact) mass is 645 g/mol. The zero-order chi connectivity index (χ0) is 32.3. The number of benzene rings is 3. The van der Waals surface area contributed by atoms with Crippen molar-refractivity contribution in [2.75, 3.05) is 6.61 Å². The molecule has 4 atom stereocenters. The fourth-order valence-electron chi connectivity index (χ4n) is 7.40. The predicted molar refractivity (Wildman–Crippen MR) is 183 cm³/mol. The maximum absolute atomic E-state index is 14.0. The Morgan fingerprint density at radius 2 is 1.68 bits per heavy atom. The molecule has 7 rings (SSSR count). The topological polar surface area (TPSA) is 96.3 Å². The van der Waals surface area contributed by atoms with Crippen LogP contribution in [-0.4, -0.2) is 46.7 Å². The Bertz CT molecular complexity index is 1790. The van der Waals surface area contributed by atoms with Gasteiger partial charge in [0.05, 0.1) is 24.5 Å². The van der Waals surface area contributed by atoms with Crippen molar-refractivity contribution in [3.05, 3.63) is 130 Å². The van der Waals surface area contributed by atoms with Crippen molar-refractivity contribution in [1.29, 1.82) is 0 Å². The second kappa shape index (κ2) is 13.7. The van der Waals surface area contributed by atoms with Crippen molar-refractivity contribution in [3.8, 4) is 11.5 Å². The SMILES string of the molecule is O=C1[C@@H]2[C@@H](CC(COc3ccccc3)=C3[C@@H](CC/C(=C/c4ccccc4O)c4ccccc4)OB(O)C[C@@H]32)C(=O)N1Cc1cccs1. The van der Waals surface area contributed by atoms with Crippen LogP contribution >= 0.6 is 11.3 Å². The first-order valence-corrected chi connectivity index (χ1v) is 17.0. The van der Waals surface area contributed by atoms with Crippen LogP contribution in [0.1, 0.15) is 35.3 Å². The molecule has 0 radical (unpaired) electrons. The molecule has 238 valence electrons. The van der Waals surface area contributed by atoms with E-state index in [1.54, 1.807) is 12.1 Å². The smallest absolute Gasteiger partial charge is 0.455 e. The van der Waals surface area contributed by atoms with Crippen molar-refractivity contribution < 1.29 is 29.1 Å². The van der Waals surface area contributed by atoms with Gasteiger partial charge in [-0.3, -0.25) is 14.5 Å². The number of fused-ring (bicyclic) bond motifs is 3. The van der Waals surface area contributed by atoms with Gasteiger partial charge in [0.1, 0.15) is 18.1 Å². The van der Waals surface area contributed by atoms with Crippen molar-refractivity contribution in [1.82, 2.24) is 4.90 Å². The minimum atomic E-state index is -1.07. The molecule has 2 N–H and O–H groups in total. The largest absolute Gasteiger partial charge is 0.507 e. The zero-order valence-electron chi connectivity index (χ0n) is 25.9. The maximum Gasteiger partial charge on any atom is 0.455 e. The highest BCUT2D eigenvalue weighted by Crippen LogP contribution is 2.51. The van der Waals surface area contributed by atoms with Gasteiger partial charge in [-0.25, -0.2) is 0 Å². The fourth-order valence-corrected chi connectivity index (χ4v) is 8.09. The molecule has 2 fully saturated rings. The number of carbonyl (C=O) groups excluding carboxylic acids is 2. The third-order valence-corrected chi connectivity index (χ3v) is 10.4.